The van der Waals surface area contributed by atoms with Crippen LogP contribution in [0.3, 0.4) is 0 Å². The Labute approximate surface area is 243 Å². The Kier molecular flexibility index (Phi) is 12.9. The Balaban J connectivity index is 2.25. The number of amides is 2. The molecule has 0 aromatic heterocycles. The zero-order valence-electron chi connectivity index (χ0n) is 22.6. The molecule has 0 bridgehead atoms. The highest BCUT2D eigenvalue weighted by molar-refractivity contribution is 8.15. The van der Waals surface area contributed by atoms with E-state index in [4.69, 9.17) is 9.47 Å². The number of carbonyl (C=O) groups is 6. The Bertz CT molecular complexity index is 1340. The Morgan fingerprint density at radius 3 is 2.07 bits per heavy atom. The van der Waals surface area contributed by atoms with Gasteiger partial charge in [0.2, 0.25) is 22.0 Å². The third kappa shape index (κ3) is 10.6. The quantitative estimate of drug-likeness (QED) is 0.271. The molecule has 220 valence electrons. The van der Waals surface area contributed by atoms with Crippen LogP contribution in [0.1, 0.15) is 38.1 Å². The molecular weight excluding hydrogens is 582 g/mol. The van der Waals surface area contributed by atoms with Gasteiger partial charge in [-0.1, -0.05) is 29.6 Å². The summed E-state index contributed by atoms with van der Waals surface area (Å²) in [5.74, 6) is -4.74. The van der Waals surface area contributed by atoms with Crippen molar-refractivity contribution in [3.63, 3.8) is 0 Å². The SMILES string of the molecule is CCOC(=O)[C@@H](CSC(=O)[C@@H](CSC(=O)c1cc(-c2ccc(F)cc2F)ccc1OC(C)=O)NC(C)=O)NC(C)=O. The molecule has 41 heavy (non-hydrogen) atoms. The van der Waals surface area contributed by atoms with Gasteiger partial charge in [-0.25, -0.2) is 13.6 Å². The van der Waals surface area contributed by atoms with Crippen LogP contribution in [0.4, 0.5) is 8.78 Å². The van der Waals surface area contributed by atoms with Gasteiger partial charge in [-0.15, -0.1) is 0 Å². The van der Waals surface area contributed by atoms with Crippen LogP contribution in [-0.2, 0) is 28.7 Å². The zero-order valence-corrected chi connectivity index (χ0v) is 24.2. The summed E-state index contributed by atoms with van der Waals surface area (Å²) in [5.41, 5.74) is 0.0781. The first-order chi connectivity index (χ1) is 19.3. The van der Waals surface area contributed by atoms with Crippen molar-refractivity contribution in [2.24, 2.45) is 0 Å². The molecule has 2 aromatic carbocycles. The summed E-state index contributed by atoms with van der Waals surface area (Å²) in [6.45, 7) is 5.15. The predicted molar refractivity (Wildman–Crippen MR) is 149 cm³/mol. The largest absolute Gasteiger partial charge is 0.464 e. The number of ether oxygens (including phenoxy) is 2. The van der Waals surface area contributed by atoms with Gasteiger partial charge in [0.25, 0.3) is 0 Å². The third-order valence-electron chi connectivity index (χ3n) is 5.08. The maximum Gasteiger partial charge on any atom is 0.329 e. The summed E-state index contributed by atoms with van der Waals surface area (Å²) in [4.78, 5) is 73.1. The second-order valence-corrected chi connectivity index (χ2v) is 10.4. The van der Waals surface area contributed by atoms with Crippen molar-refractivity contribution in [3.8, 4) is 16.9 Å². The molecule has 0 aliphatic carbocycles. The van der Waals surface area contributed by atoms with Crippen molar-refractivity contribution in [3.05, 3.63) is 53.6 Å². The highest BCUT2D eigenvalue weighted by atomic mass is 32.2. The van der Waals surface area contributed by atoms with Crippen LogP contribution in [0, 0.1) is 11.6 Å². The molecule has 0 heterocycles. The van der Waals surface area contributed by atoms with Crippen LogP contribution in [0.15, 0.2) is 36.4 Å². The molecule has 0 spiro atoms. The van der Waals surface area contributed by atoms with Gasteiger partial charge in [-0.3, -0.25) is 24.0 Å². The highest BCUT2D eigenvalue weighted by Crippen LogP contribution is 2.32. The molecule has 0 aliphatic rings. The van der Waals surface area contributed by atoms with Crippen molar-refractivity contribution in [1.82, 2.24) is 10.6 Å². The number of esters is 2. The van der Waals surface area contributed by atoms with E-state index in [2.05, 4.69) is 10.6 Å². The fourth-order valence-electron chi connectivity index (χ4n) is 3.40. The Hall–Kier alpha value is -3.78. The summed E-state index contributed by atoms with van der Waals surface area (Å²) in [6.07, 6.45) is 0. The van der Waals surface area contributed by atoms with Crippen molar-refractivity contribution in [2.75, 3.05) is 18.1 Å². The normalized spacial score (nSPS) is 12.0. The lowest BCUT2D eigenvalue weighted by molar-refractivity contribution is -0.146. The molecule has 10 nitrogen and oxygen atoms in total. The number of nitrogens with one attached hydrogen (secondary N) is 2. The summed E-state index contributed by atoms with van der Waals surface area (Å²) in [6, 6.07) is 4.59. The van der Waals surface area contributed by atoms with E-state index >= 15 is 0 Å². The van der Waals surface area contributed by atoms with Crippen molar-refractivity contribution in [1.29, 1.82) is 0 Å². The van der Waals surface area contributed by atoms with Gasteiger partial charge in [0.1, 0.15) is 29.5 Å². The molecule has 2 N–H and O–H groups in total. The van der Waals surface area contributed by atoms with Crippen LogP contribution in [0.2, 0.25) is 0 Å². The maximum absolute atomic E-state index is 14.4. The number of benzene rings is 2. The topological polar surface area (TPSA) is 145 Å². The molecule has 0 saturated carbocycles. The lowest BCUT2D eigenvalue weighted by Crippen LogP contribution is -2.44. The van der Waals surface area contributed by atoms with Crippen LogP contribution < -0.4 is 15.4 Å². The minimum Gasteiger partial charge on any atom is -0.464 e. The molecule has 14 heteroatoms. The molecule has 2 amide bonds. The van der Waals surface area contributed by atoms with E-state index in [1.54, 1.807) is 6.92 Å². The van der Waals surface area contributed by atoms with Gasteiger partial charge in [0.05, 0.1) is 12.2 Å². The average Bonchev–Trinajstić information content (AvgIpc) is 2.88. The lowest BCUT2D eigenvalue weighted by Gasteiger charge is -2.19. The Morgan fingerprint density at radius 2 is 1.49 bits per heavy atom. The summed E-state index contributed by atoms with van der Waals surface area (Å²) >= 11 is 1.28. The number of thioether (sulfide) groups is 2. The minimum absolute atomic E-state index is 0.00199. The number of rotatable bonds is 12. The smallest absolute Gasteiger partial charge is 0.329 e. The molecule has 0 fully saturated rings. The molecule has 0 radical (unpaired) electrons. The molecule has 0 unspecified atom stereocenters. The second kappa shape index (κ2) is 15.9. The van der Waals surface area contributed by atoms with E-state index in [9.17, 15) is 37.5 Å². The second-order valence-electron chi connectivity index (χ2n) is 8.42. The summed E-state index contributed by atoms with van der Waals surface area (Å²) < 4.78 is 37.8. The minimum atomic E-state index is -1.18. The number of hydrogen-bond acceptors (Lipinski definition) is 10. The van der Waals surface area contributed by atoms with Crippen molar-refractivity contribution < 1.29 is 47.0 Å². The first-order valence-corrected chi connectivity index (χ1v) is 14.1. The zero-order chi connectivity index (χ0) is 30.7. The monoisotopic (exact) mass is 610 g/mol. The van der Waals surface area contributed by atoms with E-state index in [0.29, 0.717) is 29.6 Å². The van der Waals surface area contributed by atoms with Gasteiger partial charge in [-0.05, 0) is 36.8 Å². The molecule has 0 saturated heterocycles. The van der Waals surface area contributed by atoms with Crippen LogP contribution >= 0.6 is 23.5 Å². The van der Waals surface area contributed by atoms with E-state index in [-0.39, 0.29) is 40.6 Å². The Morgan fingerprint density at radius 1 is 0.854 bits per heavy atom. The molecule has 2 aromatic rings. The molecular formula is C27H28F2N2O8S2. The molecule has 0 aliphatic heterocycles. The number of hydrogen-bond donors (Lipinski definition) is 2. The van der Waals surface area contributed by atoms with Gasteiger partial charge >= 0.3 is 11.9 Å². The standard InChI is InChI=1S/C27H28F2N2O8S2/c1-5-38-25(35)22(30-14(2)32)12-41-27(37)23(31-15(3)33)13-40-26(36)20-10-17(6-9-24(20)39-16(4)34)19-8-7-18(28)11-21(19)29/h6-11,22-23H,5,12-13H2,1-4H3,(H,30,32)(H,31,33)/t22-,23-/m1/s1. The molecule has 2 rings (SSSR count). The predicted octanol–water partition coefficient (Wildman–Crippen LogP) is 3.26. The fraction of sp³-hybridized carbons (Fsp3) is 0.333. The first kappa shape index (κ1) is 33.4. The van der Waals surface area contributed by atoms with E-state index in [0.717, 1.165) is 13.0 Å². The number of carbonyl (C=O) groups excluding carboxylic acids is 6. The van der Waals surface area contributed by atoms with Gasteiger partial charge in [0.15, 0.2) is 0 Å². The van der Waals surface area contributed by atoms with Gasteiger partial charge in [0, 0.05) is 43.9 Å². The average molecular weight is 611 g/mol. The van der Waals surface area contributed by atoms with E-state index in [1.165, 1.54) is 38.1 Å². The first-order valence-electron chi connectivity index (χ1n) is 12.1. The maximum atomic E-state index is 14.4. The fourth-order valence-corrected chi connectivity index (χ4v) is 5.27. The number of halogens is 2. The van der Waals surface area contributed by atoms with Crippen molar-refractivity contribution in [2.45, 2.75) is 39.8 Å². The van der Waals surface area contributed by atoms with E-state index in [1.807, 2.05) is 0 Å². The van der Waals surface area contributed by atoms with Crippen LogP contribution in [0.5, 0.6) is 5.75 Å². The van der Waals surface area contributed by atoms with Crippen LogP contribution in [0.25, 0.3) is 11.1 Å². The van der Waals surface area contributed by atoms with Gasteiger partial charge in [-0.2, -0.15) is 0 Å². The third-order valence-corrected chi connectivity index (χ3v) is 7.13. The van der Waals surface area contributed by atoms with Crippen molar-refractivity contribution >= 4 is 57.5 Å². The molecule has 2 atom stereocenters. The summed E-state index contributed by atoms with van der Waals surface area (Å²) in [7, 11) is 0. The highest BCUT2D eigenvalue weighted by Gasteiger charge is 2.27. The summed E-state index contributed by atoms with van der Waals surface area (Å²) in [5, 5.41) is 3.58. The lowest BCUT2D eigenvalue weighted by atomic mass is 10.0. The van der Waals surface area contributed by atoms with E-state index < -0.39 is 57.7 Å². The van der Waals surface area contributed by atoms with Gasteiger partial charge < -0.3 is 20.1 Å². The van der Waals surface area contributed by atoms with Crippen LogP contribution in [-0.4, -0.2) is 64.2 Å².